The first kappa shape index (κ1) is 15.0. The Labute approximate surface area is 113 Å². The minimum atomic E-state index is -0.647. The summed E-state index contributed by atoms with van der Waals surface area (Å²) in [7, 11) is 1.59. The van der Waals surface area contributed by atoms with Gasteiger partial charge in [0.1, 0.15) is 11.6 Å². The molecule has 0 aliphatic heterocycles. The lowest BCUT2D eigenvalue weighted by Gasteiger charge is -2.16. The van der Waals surface area contributed by atoms with Crippen LogP contribution < -0.4 is 0 Å². The van der Waals surface area contributed by atoms with Crippen LogP contribution in [0.3, 0.4) is 0 Å². The Hall–Kier alpha value is -1.01. The SMILES string of the molecule is CCOC(=O)CN(C)Cc1c(F)ccc(Br)c1F. The number of likely N-dealkylation sites (N-methyl/N-ethyl adjacent to an activating group) is 1. The summed E-state index contributed by atoms with van der Waals surface area (Å²) in [5.74, 6) is -1.70. The monoisotopic (exact) mass is 321 g/mol. The average Bonchev–Trinajstić information content (AvgIpc) is 2.30. The van der Waals surface area contributed by atoms with Crippen LogP contribution >= 0.6 is 15.9 Å². The third-order valence-corrected chi connectivity index (χ3v) is 2.88. The Balaban J connectivity index is 2.73. The van der Waals surface area contributed by atoms with E-state index < -0.39 is 17.6 Å². The maximum Gasteiger partial charge on any atom is 0.320 e. The van der Waals surface area contributed by atoms with Gasteiger partial charge in [-0.25, -0.2) is 8.78 Å². The molecule has 0 radical (unpaired) electrons. The molecule has 0 heterocycles. The van der Waals surface area contributed by atoms with Crippen molar-refractivity contribution in [1.29, 1.82) is 0 Å². The van der Waals surface area contributed by atoms with Crippen molar-refractivity contribution in [2.45, 2.75) is 13.5 Å². The van der Waals surface area contributed by atoms with Gasteiger partial charge in [-0.1, -0.05) is 0 Å². The Morgan fingerprint density at radius 1 is 1.44 bits per heavy atom. The summed E-state index contributed by atoms with van der Waals surface area (Å²) in [5.41, 5.74) is -0.0730. The molecular weight excluding hydrogens is 308 g/mol. The van der Waals surface area contributed by atoms with E-state index in [-0.39, 0.29) is 29.7 Å². The van der Waals surface area contributed by atoms with Crippen molar-refractivity contribution in [3.05, 3.63) is 33.8 Å². The number of rotatable bonds is 5. The van der Waals surface area contributed by atoms with Crippen LogP contribution in [0.15, 0.2) is 16.6 Å². The van der Waals surface area contributed by atoms with E-state index in [0.29, 0.717) is 0 Å². The summed E-state index contributed by atoms with van der Waals surface area (Å²) in [6.45, 7) is 1.97. The summed E-state index contributed by atoms with van der Waals surface area (Å²) in [6.07, 6.45) is 0. The number of halogens is 3. The Bertz CT molecular complexity index is 440. The number of ether oxygens (including phenoxy) is 1. The molecule has 0 spiro atoms. The Morgan fingerprint density at radius 3 is 2.72 bits per heavy atom. The zero-order valence-electron chi connectivity index (χ0n) is 10.2. The van der Waals surface area contributed by atoms with E-state index in [0.717, 1.165) is 0 Å². The highest BCUT2D eigenvalue weighted by molar-refractivity contribution is 9.10. The van der Waals surface area contributed by atoms with Crippen molar-refractivity contribution in [3.8, 4) is 0 Å². The first-order valence-electron chi connectivity index (χ1n) is 5.42. The average molecular weight is 322 g/mol. The first-order valence-corrected chi connectivity index (χ1v) is 6.21. The highest BCUT2D eigenvalue weighted by Gasteiger charge is 2.16. The smallest absolute Gasteiger partial charge is 0.320 e. The van der Waals surface area contributed by atoms with E-state index in [1.165, 1.54) is 17.0 Å². The van der Waals surface area contributed by atoms with Crippen LogP contribution in [-0.4, -0.2) is 31.1 Å². The number of hydrogen-bond acceptors (Lipinski definition) is 3. The molecule has 0 atom stereocenters. The van der Waals surface area contributed by atoms with Gasteiger partial charge in [-0.15, -0.1) is 0 Å². The van der Waals surface area contributed by atoms with Crippen molar-refractivity contribution in [2.75, 3.05) is 20.2 Å². The fourth-order valence-electron chi connectivity index (χ4n) is 1.47. The van der Waals surface area contributed by atoms with Gasteiger partial charge in [-0.2, -0.15) is 0 Å². The molecule has 6 heteroatoms. The molecule has 0 saturated carbocycles. The van der Waals surface area contributed by atoms with E-state index >= 15 is 0 Å². The number of benzene rings is 1. The second kappa shape index (κ2) is 6.80. The van der Waals surface area contributed by atoms with Crippen LogP contribution in [0.25, 0.3) is 0 Å². The molecule has 0 aliphatic carbocycles. The number of nitrogens with zero attached hydrogens (tertiary/aromatic N) is 1. The molecule has 1 aromatic rings. The molecule has 0 aliphatic rings. The maximum absolute atomic E-state index is 13.7. The summed E-state index contributed by atoms with van der Waals surface area (Å²) in [5, 5.41) is 0. The first-order chi connectivity index (χ1) is 8.45. The summed E-state index contributed by atoms with van der Waals surface area (Å²) < 4.78 is 32.1. The van der Waals surface area contributed by atoms with E-state index in [9.17, 15) is 13.6 Å². The van der Waals surface area contributed by atoms with Crippen LogP contribution in [0, 0.1) is 11.6 Å². The van der Waals surface area contributed by atoms with Gasteiger partial charge in [-0.05, 0) is 42.0 Å². The van der Waals surface area contributed by atoms with Crippen LogP contribution in [0.2, 0.25) is 0 Å². The quantitative estimate of drug-likeness (QED) is 0.617. The number of carbonyl (C=O) groups excluding carboxylic acids is 1. The van der Waals surface area contributed by atoms with Gasteiger partial charge >= 0.3 is 5.97 Å². The fourth-order valence-corrected chi connectivity index (χ4v) is 1.84. The largest absolute Gasteiger partial charge is 0.465 e. The highest BCUT2D eigenvalue weighted by atomic mass is 79.9. The molecule has 18 heavy (non-hydrogen) atoms. The minimum absolute atomic E-state index is 0.00405. The van der Waals surface area contributed by atoms with Crippen molar-refractivity contribution in [2.24, 2.45) is 0 Å². The second-order valence-electron chi connectivity index (χ2n) is 3.80. The van der Waals surface area contributed by atoms with Gasteiger partial charge in [0.05, 0.1) is 17.6 Å². The second-order valence-corrected chi connectivity index (χ2v) is 4.65. The minimum Gasteiger partial charge on any atom is -0.465 e. The van der Waals surface area contributed by atoms with Crippen molar-refractivity contribution in [3.63, 3.8) is 0 Å². The third kappa shape index (κ3) is 4.03. The van der Waals surface area contributed by atoms with Crippen molar-refractivity contribution >= 4 is 21.9 Å². The summed E-state index contributed by atoms with van der Waals surface area (Å²) >= 11 is 2.99. The van der Waals surface area contributed by atoms with Gasteiger partial charge in [0.2, 0.25) is 0 Å². The predicted octanol–water partition coefficient (Wildman–Crippen LogP) is 2.72. The van der Waals surface area contributed by atoms with E-state index in [1.807, 2.05) is 0 Å². The molecule has 0 bridgehead atoms. The van der Waals surface area contributed by atoms with Gasteiger partial charge < -0.3 is 4.74 Å². The molecule has 3 nitrogen and oxygen atoms in total. The molecule has 0 amide bonds. The molecule has 1 aromatic carbocycles. The molecular formula is C12H14BrF2NO2. The standard InChI is InChI=1S/C12H14BrF2NO2/c1-3-18-11(17)7-16(2)6-8-10(14)5-4-9(13)12(8)15/h4-5H,3,6-7H2,1-2H3. The molecule has 0 unspecified atom stereocenters. The lowest BCUT2D eigenvalue weighted by molar-refractivity contribution is -0.144. The van der Waals surface area contributed by atoms with E-state index in [4.69, 9.17) is 4.74 Å². The van der Waals surface area contributed by atoms with Gasteiger partial charge in [0, 0.05) is 12.1 Å². The summed E-state index contributed by atoms with van der Waals surface area (Å²) in [4.78, 5) is 12.7. The lowest BCUT2D eigenvalue weighted by atomic mass is 10.2. The lowest BCUT2D eigenvalue weighted by Crippen LogP contribution is -2.27. The Morgan fingerprint density at radius 2 is 2.11 bits per heavy atom. The molecule has 1 rings (SSSR count). The topological polar surface area (TPSA) is 29.5 Å². The van der Waals surface area contributed by atoms with Gasteiger partial charge in [0.15, 0.2) is 0 Å². The predicted molar refractivity (Wildman–Crippen MR) is 67.0 cm³/mol. The van der Waals surface area contributed by atoms with Crippen LogP contribution in [0.5, 0.6) is 0 Å². The molecule has 100 valence electrons. The maximum atomic E-state index is 13.7. The molecule has 0 saturated heterocycles. The molecule has 0 N–H and O–H groups in total. The zero-order valence-corrected chi connectivity index (χ0v) is 11.8. The van der Waals surface area contributed by atoms with E-state index in [2.05, 4.69) is 15.9 Å². The summed E-state index contributed by atoms with van der Waals surface area (Å²) in [6, 6.07) is 2.49. The number of esters is 1. The van der Waals surface area contributed by atoms with Crippen molar-refractivity contribution in [1.82, 2.24) is 4.90 Å². The normalized spacial score (nSPS) is 10.8. The van der Waals surface area contributed by atoms with Gasteiger partial charge in [0.25, 0.3) is 0 Å². The van der Waals surface area contributed by atoms with Gasteiger partial charge in [-0.3, -0.25) is 9.69 Å². The van der Waals surface area contributed by atoms with Crippen LogP contribution in [-0.2, 0) is 16.1 Å². The number of hydrogen-bond donors (Lipinski definition) is 0. The Kier molecular flexibility index (Phi) is 5.68. The third-order valence-electron chi connectivity index (χ3n) is 2.27. The van der Waals surface area contributed by atoms with Crippen LogP contribution in [0.4, 0.5) is 8.78 Å². The van der Waals surface area contributed by atoms with E-state index in [1.54, 1.807) is 14.0 Å². The number of carbonyl (C=O) groups is 1. The molecule has 0 aromatic heterocycles. The molecule has 0 fully saturated rings. The zero-order chi connectivity index (χ0) is 13.7. The van der Waals surface area contributed by atoms with Crippen molar-refractivity contribution < 1.29 is 18.3 Å². The highest BCUT2D eigenvalue weighted by Crippen LogP contribution is 2.22. The van der Waals surface area contributed by atoms with Crippen LogP contribution in [0.1, 0.15) is 12.5 Å². The fraction of sp³-hybridized carbons (Fsp3) is 0.417.